The van der Waals surface area contributed by atoms with Crippen LogP contribution in [0.1, 0.15) is 11.4 Å². The second-order valence-corrected chi connectivity index (χ2v) is 6.72. The van der Waals surface area contributed by atoms with Gasteiger partial charge in [-0.15, -0.1) is 0 Å². The average Bonchev–Trinajstić information content (AvgIpc) is 2.74. The van der Waals surface area contributed by atoms with E-state index in [1.165, 1.54) is 5.56 Å². The van der Waals surface area contributed by atoms with Crippen LogP contribution in [0.4, 0.5) is 17.3 Å². The van der Waals surface area contributed by atoms with E-state index in [1.807, 2.05) is 61.5 Å². The van der Waals surface area contributed by atoms with Crippen LogP contribution in [-0.2, 0) is 6.42 Å². The van der Waals surface area contributed by atoms with Crippen LogP contribution in [0, 0.1) is 6.92 Å². The third-order valence-corrected chi connectivity index (χ3v) is 4.59. The number of anilines is 3. The number of hydrogen-bond donors (Lipinski definition) is 2. The zero-order chi connectivity index (χ0) is 20.1. The minimum absolute atomic E-state index is 0.701. The first-order chi connectivity index (χ1) is 14.2. The van der Waals surface area contributed by atoms with E-state index in [2.05, 4.69) is 31.7 Å². The van der Waals surface area contributed by atoms with Gasteiger partial charge in [0.2, 0.25) is 0 Å². The average molecular weight is 385 g/mol. The van der Waals surface area contributed by atoms with Crippen LogP contribution in [0.2, 0.25) is 0 Å². The Hall–Kier alpha value is -3.67. The molecule has 2 N–H and O–H groups in total. The van der Waals surface area contributed by atoms with Gasteiger partial charge in [0.25, 0.3) is 0 Å². The van der Waals surface area contributed by atoms with E-state index in [0.717, 1.165) is 46.9 Å². The van der Waals surface area contributed by atoms with Gasteiger partial charge in [-0.3, -0.25) is 4.98 Å². The Labute approximate surface area is 170 Å². The zero-order valence-corrected chi connectivity index (χ0v) is 16.5. The molecule has 4 rings (SSSR count). The van der Waals surface area contributed by atoms with E-state index >= 15 is 0 Å². The van der Waals surface area contributed by atoms with Crippen molar-refractivity contribution in [3.05, 3.63) is 78.2 Å². The van der Waals surface area contributed by atoms with Crippen molar-refractivity contribution >= 4 is 28.2 Å². The van der Waals surface area contributed by atoms with Crippen molar-refractivity contribution in [3.8, 4) is 5.75 Å². The highest BCUT2D eigenvalue weighted by Gasteiger charge is 2.06. The number of nitrogens with zero attached hydrogens (tertiary/aromatic N) is 3. The van der Waals surface area contributed by atoms with Gasteiger partial charge >= 0.3 is 0 Å². The van der Waals surface area contributed by atoms with E-state index in [-0.39, 0.29) is 0 Å². The predicted molar refractivity (Wildman–Crippen MR) is 117 cm³/mol. The number of ether oxygens (including phenoxy) is 1. The summed E-state index contributed by atoms with van der Waals surface area (Å²) in [4.78, 5) is 13.5. The van der Waals surface area contributed by atoms with Gasteiger partial charge < -0.3 is 15.4 Å². The van der Waals surface area contributed by atoms with Crippen molar-refractivity contribution in [3.63, 3.8) is 0 Å². The molecule has 2 aromatic carbocycles. The van der Waals surface area contributed by atoms with Gasteiger partial charge in [-0.25, -0.2) is 9.97 Å². The van der Waals surface area contributed by atoms with Crippen molar-refractivity contribution < 1.29 is 4.74 Å². The first kappa shape index (κ1) is 18.7. The van der Waals surface area contributed by atoms with Crippen LogP contribution < -0.4 is 15.4 Å². The fraction of sp³-hybridized carbons (Fsp3) is 0.174. The maximum atomic E-state index is 5.28. The maximum Gasteiger partial charge on any atom is 0.136 e. The Kier molecular flexibility index (Phi) is 5.52. The summed E-state index contributed by atoms with van der Waals surface area (Å²) in [6.07, 6.45) is 2.67. The molecule has 0 aliphatic heterocycles. The number of aryl methyl sites for hydroxylation is 1. The molecule has 0 aliphatic carbocycles. The molecule has 0 radical (unpaired) electrons. The third-order valence-electron chi connectivity index (χ3n) is 4.59. The van der Waals surface area contributed by atoms with Crippen LogP contribution in [0.25, 0.3) is 10.9 Å². The maximum absolute atomic E-state index is 5.28. The van der Waals surface area contributed by atoms with Crippen molar-refractivity contribution in [2.75, 3.05) is 24.3 Å². The lowest BCUT2D eigenvalue weighted by Gasteiger charge is -2.12. The summed E-state index contributed by atoms with van der Waals surface area (Å²) in [6.45, 7) is 2.65. The number of pyridine rings is 1. The Balaban J connectivity index is 1.47. The first-order valence-electron chi connectivity index (χ1n) is 9.54. The lowest BCUT2D eigenvalue weighted by atomic mass is 10.1. The molecule has 6 heteroatoms. The van der Waals surface area contributed by atoms with Crippen LogP contribution in [0.3, 0.4) is 0 Å². The fourth-order valence-electron chi connectivity index (χ4n) is 3.23. The number of nitrogens with one attached hydrogen (secondary N) is 2. The molecule has 0 saturated heterocycles. The number of para-hydroxylation sites is 1. The predicted octanol–water partition coefficient (Wildman–Crippen LogP) is 4.74. The van der Waals surface area contributed by atoms with E-state index in [0.29, 0.717) is 5.82 Å². The molecule has 0 fully saturated rings. The summed E-state index contributed by atoms with van der Waals surface area (Å²) in [6, 6.07) is 20.0. The summed E-state index contributed by atoms with van der Waals surface area (Å²) >= 11 is 0. The van der Waals surface area contributed by atoms with Gasteiger partial charge in [-0.05, 0) is 43.2 Å². The summed E-state index contributed by atoms with van der Waals surface area (Å²) < 4.78 is 5.28. The number of benzene rings is 2. The van der Waals surface area contributed by atoms with Crippen molar-refractivity contribution in [2.45, 2.75) is 13.3 Å². The number of fused-ring (bicyclic) bond motifs is 1. The van der Waals surface area contributed by atoms with E-state index in [9.17, 15) is 0 Å². The first-order valence-corrected chi connectivity index (χ1v) is 9.54. The highest BCUT2D eigenvalue weighted by molar-refractivity contribution is 5.91. The van der Waals surface area contributed by atoms with Crippen LogP contribution in [0.15, 0.2) is 66.9 Å². The minimum Gasteiger partial charge on any atom is -0.497 e. The second kappa shape index (κ2) is 8.56. The summed E-state index contributed by atoms with van der Waals surface area (Å²) in [7, 11) is 1.68. The quantitative estimate of drug-likeness (QED) is 0.479. The molecular weight excluding hydrogens is 362 g/mol. The summed E-state index contributed by atoms with van der Waals surface area (Å²) in [5.74, 6) is 3.10. The molecule has 0 atom stereocenters. The highest BCUT2D eigenvalue weighted by Crippen LogP contribution is 2.24. The van der Waals surface area contributed by atoms with Crippen molar-refractivity contribution in [1.82, 2.24) is 15.0 Å². The molecule has 0 unspecified atom stereocenters. The normalized spacial score (nSPS) is 10.7. The standard InChI is InChI=1S/C23H23N5O/c1-16-26-21(24-13-11-17-6-3-9-19(14-17)29-2)15-22(27-16)28-20-10-4-7-18-8-5-12-25-23(18)20/h3-10,12,14-15H,11,13H2,1-2H3,(H2,24,26,27,28). The van der Waals surface area contributed by atoms with Gasteiger partial charge in [0, 0.05) is 24.2 Å². The molecule has 0 bridgehead atoms. The zero-order valence-electron chi connectivity index (χ0n) is 16.5. The van der Waals surface area contributed by atoms with E-state index in [4.69, 9.17) is 4.74 Å². The molecule has 2 heterocycles. The minimum atomic E-state index is 0.701. The van der Waals surface area contributed by atoms with Gasteiger partial charge in [0.05, 0.1) is 18.3 Å². The Morgan fingerprint density at radius 3 is 2.66 bits per heavy atom. The highest BCUT2D eigenvalue weighted by atomic mass is 16.5. The van der Waals surface area contributed by atoms with Crippen LogP contribution >= 0.6 is 0 Å². The van der Waals surface area contributed by atoms with Crippen LogP contribution in [0.5, 0.6) is 5.75 Å². The van der Waals surface area contributed by atoms with Crippen molar-refractivity contribution in [2.24, 2.45) is 0 Å². The van der Waals surface area contributed by atoms with Crippen LogP contribution in [-0.4, -0.2) is 28.6 Å². The van der Waals surface area contributed by atoms with Crippen molar-refractivity contribution in [1.29, 1.82) is 0 Å². The molecule has 4 aromatic rings. The molecule has 2 aromatic heterocycles. The Bertz CT molecular complexity index is 1120. The molecule has 0 saturated carbocycles. The molecule has 0 amide bonds. The molecule has 29 heavy (non-hydrogen) atoms. The molecular formula is C23H23N5O. The Morgan fingerprint density at radius 1 is 0.931 bits per heavy atom. The molecule has 146 valence electrons. The lowest BCUT2D eigenvalue weighted by Crippen LogP contribution is -2.08. The molecule has 0 spiro atoms. The van der Waals surface area contributed by atoms with Gasteiger partial charge in [0.1, 0.15) is 23.2 Å². The number of aromatic nitrogens is 3. The number of methoxy groups -OCH3 is 1. The SMILES string of the molecule is COc1cccc(CCNc2cc(Nc3cccc4cccnc34)nc(C)n2)c1. The van der Waals surface area contributed by atoms with Gasteiger partial charge in [0.15, 0.2) is 0 Å². The topological polar surface area (TPSA) is 72.0 Å². The third kappa shape index (κ3) is 4.60. The Morgan fingerprint density at radius 2 is 1.76 bits per heavy atom. The summed E-state index contributed by atoms with van der Waals surface area (Å²) in [5, 5.41) is 7.85. The van der Waals surface area contributed by atoms with Gasteiger partial charge in [-0.2, -0.15) is 0 Å². The molecule has 6 nitrogen and oxygen atoms in total. The lowest BCUT2D eigenvalue weighted by molar-refractivity contribution is 0.414. The smallest absolute Gasteiger partial charge is 0.136 e. The number of hydrogen-bond acceptors (Lipinski definition) is 6. The molecule has 0 aliphatic rings. The van der Waals surface area contributed by atoms with Gasteiger partial charge in [-0.1, -0.05) is 30.3 Å². The van der Waals surface area contributed by atoms with E-state index < -0.39 is 0 Å². The van der Waals surface area contributed by atoms with E-state index in [1.54, 1.807) is 13.3 Å². The largest absolute Gasteiger partial charge is 0.497 e. The summed E-state index contributed by atoms with van der Waals surface area (Å²) in [5.41, 5.74) is 3.05. The second-order valence-electron chi connectivity index (χ2n) is 6.72. The monoisotopic (exact) mass is 385 g/mol. The fourth-order valence-corrected chi connectivity index (χ4v) is 3.23. The number of rotatable bonds is 7.